The van der Waals surface area contributed by atoms with Crippen LogP contribution in [0, 0.1) is 0 Å². The quantitative estimate of drug-likeness (QED) is 0.455. The van der Waals surface area contributed by atoms with Crippen LogP contribution in [0.5, 0.6) is 0 Å². The zero-order chi connectivity index (χ0) is 8.69. The van der Waals surface area contributed by atoms with Gasteiger partial charge in [0.05, 0.1) is 0 Å². The van der Waals surface area contributed by atoms with Gasteiger partial charge >= 0.3 is 0 Å². The summed E-state index contributed by atoms with van der Waals surface area (Å²) in [6, 6.07) is 10.0. The SMILES string of the molecule is CC.CC(=S)c1ccccc1. The summed E-state index contributed by atoms with van der Waals surface area (Å²) in [6.45, 7) is 5.94. The lowest BCUT2D eigenvalue weighted by atomic mass is 10.2. The van der Waals surface area contributed by atoms with Gasteiger partial charge in [0.2, 0.25) is 0 Å². The second kappa shape index (κ2) is 6.05. The Hall–Kier alpha value is -0.690. The Labute approximate surface area is 74.3 Å². The molecular weight excluding hydrogens is 152 g/mol. The van der Waals surface area contributed by atoms with Crippen molar-refractivity contribution >= 4 is 17.1 Å². The van der Waals surface area contributed by atoms with Gasteiger partial charge in [-0.1, -0.05) is 56.4 Å². The fourth-order valence-corrected chi connectivity index (χ4v) is 0.809. The van der Waals surface area contributed by atoms with E-state index in [4.69, 9.17) is 12.2 Å². The van der Waals surface area contributed by atoms with E-state index >= 15 is 0 Å². The van der Waals surface area contributed by atoms with Crippen molar-refractivity contribution in [3.63, 3.8) is 0 Å². The third-order valence-corrected chi connectivity index (χ3v) is 1.42. The molecule has 1 rings (SSSR count). The molecule has 1 aromatic carbocycles. The van der Waals surface area contributed by atoms with Gasteiger partial charge in [0.25, 0.3) is 0 Å². The van der Waals surface area contributed by atoms with Gasteiger partial charge in [0.1, 0.15) is 0 Å². The van der Waals surface area contributed by atoms with Gasteiger partial charge in [-0.25, -0.2) is 0 Å². The Bertz CT molecular complexity index is 201. The highest BCUT2D eigenvalue weighted by molar-refractivity contribution is 7.80. The number of hydrogen-bond acceptors (Lipinski definition) is 1. The number of thiocarbonyl (C=S) groups is 1. The lowest BCUT2D eigenvalue weighted by Gasteiger charge is -1.92. The molecule has 11 heavy (non-hydrogen) atoms. The van der Waals surface area contributed by atoms with Gasteiger partial charge in [-0.05, 0) is 12.5 Å². The molecule has 0 saturated carbocycles. The lowest BCUT2D eigenvalue weighted by molar-refractivity contribution is 1.50. The Morgan fingerprint density at radius 1 is 1.09 bits per heavy atom. The molecule has 0 amide bonds. The highest BCUT2D eigenvalue weighted by atomic mass is 32.1. The average Bonchev–Trinajstić information content (AvgIpc) is 2.10. The molecule has 0 N–H and O–H groups in total. The predicted molar refractivity (Wildman–Crippen MR) is 55.2 cm³/mol. The Kier molecular flexibility index (Phi) is 5.67. The molecule has 0 aromatic heterocycles. The van der Waals surface area contributed by atoms with Crippen molar-refractivity contribution in [2.24, 2.45) is 0 Å². The minimum absolute atomic E-state index is 0.954. The molecule has 1 heteroatoms. The molecule has 0 spiro atoms. The summed E-state index contributed by atoms with van der Waals surface area (Å²) in [5, 5.41) is 0. The van der Waals surface area contributed by atoms with Crippen molar-refractivity contribution in [3.8, 4) is 0 Å². The van der Waals surface area contributed by atoms with Gasteiger partial charge in [0.15, 0.2) is 0 Å². The molecule has 60 valence electrons. The monoisotopic (exact) mass is 166 g/mol. The summed E-state index contributed by atoms with van der Waals surface area (Å²) in [5.41, 5.74) is 1.15. The van der Waals surface area contributed by atoms with E-state index in [-0.39, 0.29) is 0 Å². The zero-order valence-electron chi connectivity index (χ0n) is 7.29. The smallest absolute Gasteiger partial charge is 0.0193 e. The number of benzene rings is 1. The maximum Gasteiger partial charge on any atom is 0.0193 e. The van der Waals surface area contributed by atoms with Crippen LogP contribution in [-0.2, 0) is 0 Å². The van der Waals surface area contributed by atoms with Crippen molar-refractivity contribution in [2.75, 3.05) is 0 Å². The molecule has 0 unspecified atom stereocenters. The van der Waals surface area contributed by atoms with Crippen LogP contribution in [0.4, 0.5) is 0 Å². The highest BCUT2D eigenvalue weighted by Crippen LogP contribution is 1.99. The Morgan fingerprint density at radius 3 is 1.82 bits per heavy atom. The van der Waals surface area contributed by atoms with E-state index in [2.05, 4.69) is 0 Å². The van der Waals surface area contributed by atoms with Crippen LogP contribution in [-0.4, -0.2) is 4.86 Å². The summed E-state index contributed by atoms with van der Waals surface area (Å²) in [5.74, 6) is 0. The van der Waals surface area contributed by atoms with Crippen molar-refractivity contribution in [1.29, 1.82) is 0 Å². The van der Waals surface area contributed by atoms with E-state index in [1.165, 1.54) is 0 Å². The van der Waals surface area contributed by atoms with E-state index in [9.17, 15) is 0 Å². The summed E-state index contributed by atoms with van der Waals surface area (Å²) < 4.78 is 0. The number of rotatable bonds is 1. The van der Waals surface area contributed by atoms with Crippen molar-refractivity contribution < 1.29 is 0 Å². The first-order valence-corrected chi connectivity index (χ1v) is 4.27. The maximum absolute atomic E-state index is 4.96. The normalized spacial score (nSPS) is 7.91. The fourth-order valence-electron chi connectivity index (χ4n) is 0.673. The van der Waals surface area contributed by atoms with E-state index in [1.807, 2.05) is 51.1 Å². The molecule has 1 aromatic rings. The minimum atomic E-state index is 0.954. The summed E-state index contributed by atoms with van der Waals surface area (Å²) in [7, 11) is 0. The van der Waals surface area contributed by atoms with Gasteiger partial charge in [-0.15, -0.1) is 0 Å². The molecule has 0 aliphatic carbocycles. The molecule has 0 bridgehead atoms. The first-order chi connectivity index (χ1) is 5.30. The maximum atomic E-state index is 4.96. The third kappa shape index (κ3) is 3.89. The van der Waals surface area contributed by atoms with Crippen molar-refractivity contribution in [2.45, 2.75) is 20.8 Å². The summed E-state index contributed by atoms with van der Waals surface area (Å²) in [4.78, 5) is 0.954. The molecule has 0 aliphatic heterocycles. The van der Waals surface area contributed by atoms with Crippen LogP contribution in [0.25, 0.3) is 0 Å². The molecule has 0 heterocycles. The Morgan fingerprint density at radius 2 is 1.55 bits per heavy atom. The molecule has 0 radical (unpaired) electrons. The largest absolute Gasteiger partial charge is 0.0846 e. The van der Waals surface area contributed by atoms with E-state index in [1.54, 1.807) is 0 Å². The van der Waals surface area contributed by atoms with E-state index in [0.29, 0.717) is 0 Å². The summed E-state index contributed by atoms with van der Waals surface area (Å²) in [6.07, 6.45) is 0. The van der Waals surface area contributed by atoms with Crippen LogP contribution in [0.3, 0.4) is 0 Å². The first kappa shape index (κ1) is 10.3. The van der Waals surface area contributed by atoms with Crippen LogP contribution in [0.15, 0.2) is 30.3 Å². The molecule has 0 atom stereocenters. The van der Waals surface area contributed by atoms with Gasteiger partial charge in [-0.3, -0.25) is 0 Å². The number of hydrogen-bond donors (Lipinski definition) is 0. The Balaban J connectivity index is 0.000000461. The zero-order valence-corrected chi connectivity index (χ0v) is 8.11. The fraction of sp³-hybridized carbons (Fsp3) is 0.300. The van der Waals surface area contributed by atoms with Gasteiger partial charge < -0.3 is 0 Å². The summed E-state index contributed by atoms with van der Waals surface area (Å²) >= 11 is 4.96. The van der Waals surface area contributed by atoms with Gasteiger partial charge in [-0.2, -0.15) is 0 Å². The van der Waals surface area contributed by atoms with E-state index in [0.717, 1.165) is 10.4 Å². The molecule has 0 nitrogen and oxygen atoms in total. The highest BCUT2D eigenvalue weighted by Gasteiger charge is 1.88. The topological polar surface area (TPSA) is 0 Å². The van der Waals surface area contributed by atoms with Crippen LogP contribution in [0.1, 0.15) is 26.3 Å². The average molecular weight is 166 g/mol. The van der Waals surface area contributed by atoms with Crippen molar-refractivity contribution in [1.82, 2.24) is 0 Å². The first-order valence-electron chi connectivity index (χ1n) is 3.86. The minimum Gasteiger partial charge on any atom is -0.0846 e. The molecule has 0 saturated heterocycles. The second-order valence-electron chi connectivity index (χ2n) is 1.92. The van der Waals surface area contributed by atoms with Crippen LogP contribution in [0.2, 0.25) is 0 Å². The van der Waals surface area contributed by atoms with Crippen molar-refractivity contribution in [3.05, 3.63) is 35.9 Å². The van der Waals surface area contributed by atoms with Gasteiger partial charge in [0, 0.05) is 4.86 Å². The molecule has 0 fully saturated rings. The lowest BCUT2D eigenvalue weighted by Crippen LogP contribution is -1.86. The van der Waals surface area contributed by atoms with Crippen LogP contribution >= 0.6 is 12.2 Å². The second-order valence-corrected chi connectivity index (χ2v) is 2.53. The third-order valence-electron chi connectivity index (χ3n) is 1.18. The van der Waals surface area contributed by atoms with E-state index < -0.39 is 0 Å². The predicted octanol–water partition coefficient (Wildman–Crippen LogP) is 3.45. The van der Waals surface area contributed by atoms with Crippen LogP contribution < -0.4 is 0 Å². The standard InChI is InChI=1S/C8H8S.C2H6/c1-7(9)8-5-3-2-4-6-8;1-2/h2-6H,1H3;1-2H3. The molecule has 0 aliphatic rings. The molecular formula is C10H14S.